The summed E-state index contributed by atoms with van der Waals surface area (Å²) in [4.78, 5) is 118. The van der Waals surface area contributed by atoms with E-state index in [0.717, 1.165) is 24.2 Å². The number of ketones is 1. The number of carbonyl (C=O) groups is 9. The minimum atomic E-state index is -1.71. The Hall–Kier alpha value is -4.69. The first-order valence-corrected chi connectivity index (χ1v) is 24.7. The van der Waals surface area contributed by atoms with Gasteiger partial charge in [0.1, 0.15) is 24.2 Å². The number of carbonyl (C=O) groups excluding carboxylic acids is 9. The molecule has 0 radical (unpaired) electrons. The van der Waals surface area contributed by atoms with E-state index in [-0.39, 0.29) is 49.7 Å². The van der Waals surface area contributed by atoms with E-state index in [2.05, 4.69) is 44.1 Å². The molecule has 0 bridgehead atoms. The first-order chi connectivity index (χ1) is 32.0. The highest BCUT2D eigenvalue weighted by Gasteiger charge is 2.36. The first-order valence-electron chi connectivity index (χ1n) is 24.7. The highest BCUT2D eigenvalue weighted by atomic mass is 16.5. The number of nitrogens with zero attached hydrogens (tertiary/aromatic N) is 1. The normalized spacial score (nSPS) is 14.4. The maximum Gasteiger partial charge on any atom is 0.289 e. The highest BCUT2D eigenvalue weighted by molar-refractivity contribution is 6.38. The van der Waals surface area contributed by atoms with E-state index in [1.54, 1.807) is 20.8 Å². The molecule has 8 amide bonds. The third-order valence-electron chi connectivity index (χ3n) is 10.9. The second-order valence-electron chi connectivity index (χ2n) is 19.0. The zero-order chi connectivity index (χ0) is 51.9. The summed E-state index contributed by atoms with van der Waals surface area (Å²) in [5, 5.41) is 17.3. The molecule has 9 N–H and O–H groups in total. The quantitative estimate of drug-likeness (QED) is 0.0253. The molecule has 0 saturated carbocycles. The van der Waals surface area contributed by atoms with Gasteiger partial charge in [0.2, 0.25) is 41.2 Å². The molecule has 0 saturated heterocycles. The lowest BCUT2D eigenvalue weighted by Crippen LogP contribution is -2.62. The number of nitrogens with one attached hydrogen (secondary N) is 7. The molecule has 392 valence electrons. The number of likely N-dealkylation sites (N-methyl/N-ethyl adjacent to an activating group) is 2. The Balaban J connectivity index is 5.65. The smallest absolute Gasteiger partial charge is 0.289 e. The van der Waals surface area contributed by atoms with Crippen molar-refractivity contribution in [3.63, 3.8) is 0 Å². The van der Waals surface area contributed by atoms with Crippen molar-refractivity contribution in [1.82, 2.24) is 42.1 Å². The molecule has 7 unspecified atom stereocenters. The number of amides is 8. The molecule has 7 atom stereocenters. The Labute approximate surface area is 406 Å². The molecular formula is C48H89N9O11. The number of Topliss-reactive ketones (excluding diaryl/α,β-unsaturated/α-hetero) is 1. The van der Waals surface area contributed by atoms with E-state index in [1.165, 1.54) is 72.9 Å². The summed E-state index contributed by atoms with van der Waals surface area (Å²) in [7, 11) is 2.59. The van der Waals surface area contributed by atoms with Crippen LogP contribution in [0.25, 0.3) is 0 Å². The van der Waals surface area contributed by atoms with Crippen molar-refractivity contribution in [3.05, 3.63) is 0 Å². The summed E-state index contributed by atoms with van der Waals surface area (Å²) in [6.45, 7) is 17.7. The van der Waals surface area contributed by atoms with Gasteiger partial charge in [-0.3, -0.25) is 43.2 Å². The summed E-state index contributed by atoms with van der Waals surface area (Å²) in [5.41, 5.74) is 6.11. The van der Waals surface area contributed by atoms with Crippen LogP contribution in [0.15, 0.2) is 0 Å². The summed E-state index contributed by atoms with van der Waals surface area (Å²) < 4.78 is 11.6. The van der Waals surface area contributed by atoms with Crippen LogP contribution in [-0.2, 0) is 52.6 Å². The zero-order valence-corrected chi connectivity index (χ0v) is 43.3. The van der Waals surface area contributed by atoms with Gasteiger partial charge in [-0.1, -0.05) is 113 Å². The lowest BCUT2D eigenvalue weighted by molar-refractivity contribution is -0.146. The van der Waals surface area contributed by atoms with Crippen molar-refractivity contribution in [1.29, 1.82) is 0 Å². The van der Waals surface area contributed by atoms with Crippen LogP contribution in [0.1, 0.15) is 153 Å². The number of ether oxygens (including phenoxy) is 2. The van der Waals surface area contributed by atoms with Gasteiger partial charge >= 0.3 is 0 Å². The fraction of sp³-hybridized carbons (Fsp3) is 0.812. The van der Waals surface area contributed by atoms with Crippen molar-refractivity contribution in [3.8, 4) is 0 Å². The number of nitrogens with two attached hydrogens (primary N) is 1. The van der Waals surface area contributed by atoms with Crippen LogP contribution in [-0.4, -0.2) is 141 Å². The Morgan fingerprint density at radius 1 is 0.559 bits per heavy atom. The number of unbranched alkanes of at least 4 members (excludes halogenated alkanes) is 10. The van der Waals surface area contributed by atoms with Gasteiger partial charge in [-0.15, -0.1) is 0 Å². The zero-order valence-electron chi connectivity index (χ0n) is 43.3. The Bertz CT molecular complexity index is 1580. The average Bonchev–Trinajstić information content (AvgIpc) is 3.27. The summed E-state index contributed by atoms with van der Waals surface area (Å²) in [6.07, 6.45) is 10.3. The molecule has 68 heavy (non-hydrogen) atoms. The van der Waals surface area contributed by atoms with Crippen LogP contribution < -0.4 is 43.0 Å². The van der Waals surface area contributed by atoms with Gasteiger partial charge in [0.05, 0.1) is 25.3 Å². The third kappa shape index (κ3) is 27.3. The largest absolute Gasteiger partial charge is 0.378 e. The molecule has 20 heteroatoms. The molecule has 0 aliphatic carbocycles. The molecule has 0 aromatic rings. The van der Waals surface area contributed by atoms with Crippen LogP contribution in [0.2, 0.25) is 0 Å². The maximum atomic E-state index is 13.8. The van der Waals surface area contributed by atoms with Gasteiger partial charge in [0, 0.05) is 33.7 Å². The Kier molecular flexibility index (Phi) is 33.0. The fourth-order valence-corrected chi connectivity index (χ4v) is 6.90. The molecule has 20 nitrogen and oxygen atoms in total. The van der Waals surface area contributed by atoms with Crippen molar-refractivity contribution in [2.45, 2.75) is 195 Å². The van der Waals surface area contributed by atoms with Crippen molar-refractivity contribution < 1.29 is 52.6 Å². The molecule has 0 heterocycles. The van der Waals surface area contributed by atoms with E-state index in [4.69, 9.17) is 15.2 Å². The standard InChI is InChI=1S/C48H89N9O11/c1-13-14-15-16-17-18-19-20-21-22-23-24-38(58)54-37(29-67-27-31(4)5)45(63)53-34(9)43(61)51-26-39(59)57(12)40(35(10)68-28-32(6)7)46(64)56-42(49)48(66)55-36(25-30(2)3)44(62)52-33(8)41(60)47(65)50-11/h30-37,40,42H,13-29,49H2,1-12H3,(H,50,65)(H,51,61)(H,52,62)(H,53,63)(H,54,58)(H,55,66)(H,56,64). The van der Waals surface area contributed by atoms with Crippen molar-refractivity contribution in [2.75, 3.05) is 40.5 Å². The predicted octanol–water partition coefficient (Wildman–Crippen LogP) is 2.11. The number of rotatable bonds is 37. The first kappa shape index (κ1) is 63.3. The molecule has 0 aliphatic heterocycles. The molecule has 0 rings (SSSR count). The topological polar surface area (TPSA) is 286 Å². The lowest BCUT2D eigenvalue weighted by atomic mass is 10.0. The lowest BCUT2D eigenvalue weighted by Gasteiger charge is -2.33. The molecule has 0 aliphatic rings. The Morgan fingerprint density at radius 3 is 1.62 bits per heavy atom. The second kappa shape index (κ2) is 35.4. The van der Waals surface area contributed by atoms with Crippen LogP contribution in [0.5, 0.6) is 0 Å². The summed E-state index contributed by atoms with van der Waals surface area (Å²) in [6, 6.07) is -5.95. The van der Waals surface area contributed by atoms with Crippen LogP contribution >= 0.6 is 0 Å². The number of hydrogen-bond acceptors (Lipinski definition) is 12. The van der Waals surface area contributed by atoms with Crippen LogP contribution in [0, 0.1) is 17.8 Å². The van der Waals surface area contributed by atoms with Gasteiger partial charge in [0.15, 0.2) is 6.17 Å². The van der Waals surface area contributed by atoms with E-state index >= 15 is 0 Å². The van der Waals surface area contributed by atoms with Gasteiger partial charge in [-0.05, 0) is 51.4 Å². The van der Waals surface area contributed by atoms with Crippen molar-refractivity contribution in [2.24, 2.45) is 23.5 Å². The molecular weight excluding hydrogens is 879 g/mol. The minimum Gasteiger partial charge on any atom is -0.378 e. The van der Waals surface area contributed by atoms with E-state index < -0.39 is 96.2 Å². The third-order valence-corrected chi connectivity index (χ3v) is 10.9. The maximum absolute atomic E-state index is 13.8. The molecule has 0 aromatic carbocycles. The summed E-state index contributed by atoms with van der Waals surface area (Å²) in [5.74, 6) is -6.64. The van der Waals surface area contributed by atoms with Crippen molar-refractivity contribution >= 4 is 53.0 Å². The molecule has 0 fully saturated rings. The van der Waals surface area contributed by atoms with E-state index in [1.807, 2.05) is 27.7 Å². The van der Waals surface area contributed by atoms with Crippen LogP contribution in [0.4, 0.5) is 0 Å². The summed E-state index contributed by atoms with van der Waals surface area (Å²) >= 11 is 0. The van der Waals surface area contributed by atoms with Gasteiger partial charge < -0.3 is 57.3 Å². The average molecular weight is 968 g/mol. The minimum absolute atomic E-state index is 0.0497. The Morgan fingerprint density at radius 2 is 1.09 bits per heavy atom. The monoisotopic (exact) mass is 968 g/mol. The van der Waals surface area contributed by atoms with Gasteiger partial charge in [-0.2, -0.15) is 0 Å². The molecule has 0 spiro atoms. The van der Waals surface area contributed by atoms with Gasteiger partial charge in [0.25, 0.3) is 11.8 Å². The van der Waals surface area contributed by atoms with Crippen LogP contribution in [0.3, 0.4) is 0 Å². The second-order valence-corrected chi connectivity index (χ2v) is 19.0. The SMILES string of the molecule is CCCCCCCCCCCCCC(=O)NC(COCC(C)C)C(=O)NC(C)C(=O)NCC(=O)N(C)C(C(=O)NC(N)C(=O)NC(CC(C)C)C(=O)NC(C)C(=O)C(=O)NC)C(C)OCC(C)C. The molecule has 0 aromatic heterocycles. The van der Waals surface area contributed by atoms with E-state index in [0.29, 0.717) is 13.0 Å². The highest BCUT2D eigenvalue weighted by Crippen LogP contribution is 2.13. The predicted molar refractivity (Wildman–Crippen MR) is 260 cm³/mol. The van der Waals surface area contributed by atoms with Gasteiger partial charge in [-0.25, -0.2) is 0 Å². The fourth-order valence-electron chi connectivity index (χ4n) is 6.90. The number of hydrogen-bond donors (Lipinski definition) is 8. The van der Waals surface area contributed by atoms with E-state index in [9.17, 15) is 43.2 Å².